The molecule has 12 heterocycles. The smallest absolute Gasteiger partial charge is 0.405 e. The van der Waals surface area contributed by atoms with Crippen LogP contribution in [0.2, 0.25) is 20.5 Å². The maximum atomic E-state index is 6.23. The lowest BCUT2D eigenvalue weighted by Gasteiger charge is -2.24. The van der Waals surface area contributed by atoms with E-state index in [0.717, 1.165) is 88.3 Å². The molecule has 0 spiro atoms. The summed E-state index contributed by atoms with van der Waals surface area (Å²) >= 11 is 0. The first-order valence-corrected chi connectivity index (χ1v) is 30.3. The van der Waals surface area contributed by atoms with E-state index in [4.69, 9.17) is 13.3 Å². The van der Waals surface area contributed by atoms with Crippen molar-refractivity contribution in [3.05, 3.63) is 231 Å². The van der Waals surface area contributed by atoms with E-state index < -0.39 is 0 Å². The number of hydrogen-bond acceptors (Lipinski definition) is 9. The van der Waals surface area contributed by atoms with Gasteiger partial charge in [-0.15, -0.1) is 0 Å². The van der Waals surface area contributed by atoms with Gasteiger partial charge in [-0.3, -0.25) is 14.4 Å². The summed E-state index contributed by atoms with van der Waals surface area (Å²) in [5, 5.41) is 6.66. The van der Waals surface area contributed by atoms with Gasteiger partial charge in [-0.2, -0.15) is 0 Å². The second-order valence-corrected chi connectivity index (χ2v) is 23.7. The Labute approximate surface area is 514 Å². The number of hydrogen-bond donors (Lipinski definition) is 0. The van der Waals surface area contributed by atoms with Crippen LogP contribution in [0, 0.1) is 27.7 Å². The Bertz CT molecular complexity index is 5150. The monoisotopic (exact) mass is 1150 g/mol. The molecule has 88 heavy (non-hydrogen) atoms. The SMILES string of the molecule is CB1C=c2c(oc3nc(C)ccc23)=C(C)N1c1cc(-c2ccccc2)c(C)c[n+]1C.CB1C=c2c(oc3nc(C)ccc23)=C(C)N1c1cc(-c2ccccc2)cc[n+]1C.CB1C=c2oc3ncccc3c2=C(C)N1c1cc(C)c(-c2ccccc2)c[n+]1C. The van der Waals surface area contributed by atoms with E-state index in [1.165, 1.54) is 50.2 Å². The number of aromatic nitrogens is 6. The maximum Gasteiger partial charge on any atom is 0.405 e. The number of benzene rings is 3. The Morgan fingerprint density at radius 1 is 0.409 bits per heavy atom. The van der Waals surface area contributed by atoms with Crippen LogP contribution in [0.4, 0.5) is 17.5 Å². The second kappa shape index (κ2) is 23.0. The predicted molar refractivity (Wildman–Crippen MR) is 361 cm³/mol. The number of aryl methyl sites for hydroxylation is 7. The molecule has 3 aliphatic heterocycles. The molecule has 432 valence electrons. The van der Waals surface area contributed by atoms with Crippen molar-refractivity contribution in [1.82, 2.24) is 15.0 Å². The van der Waals surface area contributed by atoms with Gasteiger partial charge in [0, 0.05) is 62.6 Å². The summed E-state index contributed by atoms with van der Waals surface area (Å²) < 4.78 is 25.0. The molecule has 0 N–H and O–H groups in total. The van der Waals surface area contributed by atoms with Gasteiger partial charge in [0.2, 0.25) is 17.1 Å². The zero-order valence-corrected chi connectivity index (χ0v) is 52.5. The van der Waals surface area contributed by atoms with Crippen LogP contribution in [-0.4, -0.2) is 35.5 Å². The number of nitrogens with zero attached hydrogens (tertiary/aromatic N) is 9. The molecule has 9 aromatic heterocycles. The Balaban J connectivity index is 0.000000122. The highest BCUT2D eigenvalue weighted by Gasteiger charge is 2.37. The molecule has 0 fully saturated rings. The lowest BCUT2D eigenvalue weighted by atomic mass is 9.60. The molecule has 0 unspecified atom stereocenters. The normalized spacial score (nSPS) is 13.6. The van der Waals surface area contributed by atoms with Gasteiger partial charge in [-0.05, 0) is 156 Å². The molecular weight excluding hydrogens is 1080 g/mol. The molecule has 0 aliphatic carbocycles. The zero-order valence-electron chi connectivity index (χ0n) is 52.5. The van der Waals surface area contributed by atoms with Gasteiger partial charge in [-0.25, -0.2) is 28.7 Å². The fraction of sp³-hybridized carbons (Fsp3) is 0.178. The van der Waals surface area contributed by atoms with Crippen molar-refractivity contribution >= 4 is 106 Å². The quantitative estimate of drug-likeness (QED) is 0.119. The Kier molecular flexibility index (Phi) is 14.9. The van der Waals surface area contributed by atoms with E-state index in [0.29, 0.717) is 17.1 Å². The molecule has 12 aromatic rings. The van der Waals surface area contributed by atoms with Crippen molar-refractivity contribution in [3.8, 4) is 33.4 Å². The van der Waals surface area contributed by atoms with E-state index in [-0.39, 0.29) is 20.5 Å². The highest BCUT2D eigenvalue weighted by Crippen LogP contribution is 2.31. The van der Waals surface area contributed by atoms with E-state index in [1.54, 1.807) is 6.20 Å². The van der Waals surface area contributed by atoms with Gasteiger partial charge in [0.05, 0.1) is 56.0 Å². The standard InChI is InChI=1S/C25H25BN3O.2C24H23BN3O/c1-16-15-28(5)23(13-21(16)19-9-7-6-8-10-19)29-18(3)24-22(14-26(29)4)20-12-11-17(2)27-25(20)30-24;1-16-13-22(27(4)15-20(16)18-9-6-5-7-10-18)28-17(2)23-19-11-8-12-26-24(19)29-21(23)14-25(28)3;1-16-10-11-20-21-15-25(3)28(17(2)23(21)29-24(20)26-16)22-14-19(12-13-27(22)4)18-8-6-5-7-9-18/h6-15H,1-5H3;2*5-15H,1-4H3/q3*+1. The van der Waals surface area contributed by atoms with Gasteiger partial charge in [0.1, 0.15) is 16.8 Å². The van der Waals surface area contributed by atoms with Crippen molar-refractivity contribution in [1.29, 1.82) is 0 Å². The van der Waals surface area contributed by atoms with Crippen molar-refractivity contribution in [2.45, 2.75) is 68.9 Å². The first kappa shape index (κ1) is 57.1. The first-order chi connectivity index (χ1) is 42.5. The summed E-state index contributed by atoms with van der Waals surface area (Å²) in [6.07, 6.45) is 8.33. The van der Waals surface area contributed by atoms with Crippen LogP contribution in [0.3, 0.4) is 0 Å². The van der Waals surface area contributed by atoms with Crippen LogP contribution in [-0.2, 0) is 21.1 Å². The van der Waals surface area contributed by atoms with Crippen molar-refractivity contribution in [3.63, 3.8) is 0 Å². The Morgan fingerprint density at radius 3 is 1.49 bits per heavy atom. The van der Waals surface area contributed by atoms with E-state index in [2.05, 4.69) is 283 Å². The van der Waals surface area contributed by atoms with Gasteiger partial charge >= 0.3 is 20.5 Å². The molecule has 0 amide bonds. The van der Waals surface area contributed by atoms with Crippen LogP contribution in [0.15, 0.2) is 190 Å². The third-order valence-electron chi connectivity index (χ3n) is 17.5. The second-order valence-electron chi connectivity index (χ2n) is 23.7. The highest BCUT2D eigenvalue weighted by atomic mass is 16.3. The molecule has 15 heteroatoms. The van der Waals surface area contributed by atoms with Crippen LogP contribution in [0.25, 0.3) is 102 Å². The number of anilines is 3. The largest absolute Gasteiger partial charge is 0.439 e. The number of furan rings is 3. The third kappa shape index (κ3) is 10.3. The average Bonchev–Trinajstić information content (AvgIpc) is 1.74. The molecule has 0 saturated carbocycles. The van der Waals surface area contributed by atoms with E-state index in [1.807, 2.05) is 38.1 Å². The molecule has 12 nitrogen and oxygen atoms in total. The van der Waals surface area contributed by atoms with Crippen LogP contribution < -0.4 is 60.0 Å². The minimum atomic E-state index is 0.177. The molecule has 0 atom stereocenters. The van der Waals surface area contributed by atoms with Gasteiger partial charge in [0.15, 0.2) is 10.8 Å². The van der Waals surface area contributed by atoms with Gasteiger partial charge in [0.25, 0.3) is 17.5 Å². The van der Waals surface area contributed by atoms with Gasteiger partial charge in [-0.1, -0.05) is 103 Å². The highest BCUT2D eigenvalue weighted by molar-refractivity contribution is 6.78. The number of pyridine rings is 6. The summed E-state index contributed by atoms with van der Waals surface area (Å²) in [4.78, 5) is 20.6. The van der Waals surface area contributed by atoms with Gasteiger partial charge < -0.3 is 13.3 Å². The van der Waals surface area contributed by atoms with E-state index >= 15 is 0 Å². The minimum absolute atomic E-state index is 0.177. The maximum absolute atomic E-state index is 6.23. The van der Waals surface area contributed by atoms with Crippen molar-refractivity contribution in [2.24, 2.45) is 21.1 Å². The fourth-order valence-electron chi connectivity index (χ4n) is 13.3. The Morgan fingerprint density at radius 2 is 0.909 bits per heavy atom. The molecule has 15 rings (SSSR count). The summed E-state index contributed by atoms with van der Waals surface area (Å²) in [7, 11) is 6.31. The molecule has 0 bridgehead atoms. The molecule has 3 aromatic carbocycles. The summed E-state index contributed by atoms with van der Waals surface area (Å²) in [5.74, 6) is 10.2. The summed E-state index contributed by atoms with van der Waals surface area (Å²) in [6.45, 7) is 22.0. The Hall–Kier alpha value is -10.0. The summed E-state index contributed by atoms with van der Waals surface area (Å²) in [5.41, 5.74) is 20.1. The van der Waals surface area contributed by atoms with Crippen LogP contribution in [0.1, 0.15) is 43.3 Å². The minimum Gasteiger partial charge on any atom is -0.439 e. The molecular formula is C73H71B3N9O3+3. The number of fused-ring (bicyclic) bond motifs is 9. The third-order valence-corrected chi connectivity index (χ3v) is 17.5. The van der Waals surface area contributed by atoms with Crippen LogP contribution >= 0.6 is 0 Å². The van der Waals surface area contributed by atoms with E-state index in [9.17, 15) is 0 Å². The lowest BCUT2D eigenvalue weighted by Crippen LogP contribution is -2.50. The zero-order chi connectivity index (χ0) is 61.2. The topological polar surface area (TPSA) is 99.5 Å². The number of rotatable bonds is 6. The lowest BCUT2D eigenvalue weighted by molar-refractivity contribution is -0.658. The average molecular weight is 1150 g/mol. The summed E-state index contributed by atoms with van der Waals surface area (Å²) in [6, 6.07) is 52.9. The fourth-order valence-corrected chi connectivity index (χ4v) is 13.3. The molecule has 0 saturated heterocycles. The molecule has 3 aliphatic rings. The predicted octanol–water partition coefficient (Wildman–Crippen LogP) is 9.96. The van der Waals surface area contributed by atoms with Crippen molar-refractivity contribution in [2.75, 3.05) is 14.4 Å². The first-order valence-electron chi connectivity index (χ1n) is 30.3. The van der Waals surface area contributed by atoms with Crippen molar-refractivity contribution < 1.29 is 27.0 Å². The molecule has 0 radical (unpaired) electrons. The van der Waals surface area contributed by atoms with Crippen LogP contribution in [0.5, 0.6) is 0 Å².